The minimum Gasteiger partial charge on any atom is -0.490 e. The molecule has 2 saturated carbocycles. The first kappa shape index (κ1) is 23.5. The van der Waals surface area contributed by atoms with Gasteiger partial charge < -0.3 is 15.8 Å². The number of carbonyl (C=O) groups is 2. The lowest BCUT2D eigenvalue weighted by molar-refractivity contribution is -0.115. The Morgan fingerprint density at radius 3 is 2.66 bits per heavy atom. The molecule has 162 valence electrons. The Hall–Kier alpha value is -1.78. The number of nitrogens with zero attached hydrogens (tertiary/aromatic N) is 2. The quantitative estimate of drug-likeness (QED) is 0.295. The van der Waals surface area contributed by atoms with Crippen molar-refractivity contribution < 1.29 is 20.1 Å². The van der Waals surface area contributed by atoms with Crippen molar-refractivity contribution in [1.29, 1.82) is 0 Å². The highest BCUT2D eigenvalue weighted by molar-refractivity contribution is 14.0. The summed E-state index contributed by atoms with van der Waals surface area (Å²) >= 11 is 0. The highest BCUT2D eigenvalue weighted by Crippen LogP contribution is 2.44. The number of amidine groups is 1. The molecule has 0 saturated heterocycles. The van der Waals surface area contributed by atoms with Gasteiger partial charge in [-0.1, -0.05) is 12.8 Å². The van der Waals surface area contributed by atoms with Crippen LogP contribution in [0, 0.1) is 5.92 Å². The molecule has 2 fully saturated rings. The van der Waals surface area contributed by atoms with Gasteiger partial charge in [-0.05, 0) is 38.0 Å². The predicted octanol–water partition coefficient (Wildman–Crippen LogP) is 3.36. The summed E-state index contributed by atoms with van der Waals surface area (Å²) in [5.41, 5.74) is 6.18. The third-order valence-corrected chi connectivity index (χ3v) is 5.11. The Labute approximate surface area is 188 Å². The third-order valence-electron chi connectivity index (χ3n) is 5.11. The van der Waals surface area contributed by atoms with Crippen molar-refractivity contribution in [3.8, 4) is 5.75 Å². The lowest BCUT2D eigenvalue weighted by atomic mass is 9.92. The van der Waals surface area contributed by atoms with E-state index in [0.29, 0.717) is 24.0 Å². The van der Waals surface area contributed by atoms with E-state index >= 15 is 0 Å². The lowest BCUT2D eigenvalue weighted by Crippen LogP contribution is -2.56. The number of amides is 2. The Morgan fingerprint density at radius 1 is 1.41 bits per heavy atom. The maximum absolute atomic E-state index is 12.9. The van der Waals surface area contributed by atoms with E-state index in [1.54, 1.807) is 19.2 Å². The fraction of sp³-hybridized carbons (Fsp3) is 0.600. The molecule has 1 aromatic heterocycles. The number of halogens is 2. The van der Waals surface area contributed by atoms with Gasteiger partial charge in [-0.2, -0.15) is 4.99 Å². The number of aliphatic imine (C=N–C) groups is 1. The van der Waals surface area contributed by atoms with Crippen molar-refractivity contribution in [3.63, 3.8) is 0 Å². The van der Waals surface area contributed by atoms with Crippen LogP contribution in [0.3, 0.4) is 0 Å². The molecule has 3 rings (SSSR count). The summed E-state index contributed by atoms with van der Waals surface area (Å²) in [6, 6.07) is 1.55. The third kappa shape index (κ3) is 6.35. The van der Waals surface area contributed by atoms with Crippen molar-refractivity contribution in [3.05, 3.63) is 23.5 Å². The molecule has 1 heterocycles. The van der Waals surface area contributed by atoms with Crippen LogP contribution in [-0.2, 0) is 4.79 Å². The molecule has 0 bridgehead atoms. The molecule has 1 unspecified atom stereocenters. The molecule has 2 amide bonds. The van der Waals surface area contributed by atoms with Crippen LogP contribution < -0.4 is 15.8 Å². The van der Waals surface area contributed by atoms with Gasteiger partial charge in [0, 0.05) is 26.2 Å². The van der Waals surface area contributed by atoms with Gasteiger partial charge in [0.2, 0.25) is 5.91 Å². The maximum Gasteiger partial charge on any atom is 0.270 e. The molecule has 2 aliphatic carbocycles. The number of carbonyl (C=O) groups excluding carboxylic acids is 2. The van der Waals surface area contributed by atoms with Gasteiger partial charge in [0.15, 0.2) is 0 Å². The number of rotatable bonds is 9. The molecule has 7 nitrogen and oxygen atoms in total. The minimum atomic E-state index is -0.944. The van der Waals surface area contributed by atoms with E-state index in [0.717, 1.165) is 31.2 Å². The van der Waals surface area contributed by atoms with E-state index in [2.05, 4.69) is 15.3 Å². The van der Waals surface area contributed by atoms with Crippen LogP contribution in [0.25, 0.3) is 0 Å². The normalized spacial score (nSPS) is 18.4. The Balaban J connectivity index is 0.00000225. The van der Waals surface area contributed by atoms with Gasteiger partial charge in [0.05, 0.1) is 5.54 Å². The van der Waals surface area contributed by atoms with Crippen molar-refractivity contribution in [2.45, 2.75) is 57.4 Å². The Morgan fingerprint density at radius 2 is 2.10 bits per heavy atom. The van der Waals surface area contributed by atoms with Crippen LogP contribution in [0.4, 0.5) is 4.39 Å². The molecular weight excluding hydrogens is 490 g/mol. The molecule has 0 aromatic carbocycles. The van der Waals surface area contributed by atoms with E-state index in [1.165, 1.54) is 6.92 Å². The molecule has 1 aromatic rings. The van der Waals surface area contributed by atoms with Crippen LogP contribution in [-0.4, -0.2) is 41.5 Å². The van der Waals surface area contributed by atoms with Gasteiger partial charge in [-0.25, -0.2) is 4.39 Å². The van der Waals surface area contributed by atoms with E-state index in [4.69, 9.17) is 10.5 Å². The maximum atomic E-state index is 12.9. The van der Waals surface area contributed by atoms with Gasteiger partial charge in [-0.15, -0.1) is 24.0 Å². The lowest BCUT2D eigenvalue weighted by Gasteiger charge is -2.30. The van der Waals surface area contributed by atoms with E-state index in [9.17, 15) is 14.0 Å². The summed E-state index contributed by atoms with van der Waals surface area (Å²) in [7, 11) is 0. The van der Waals surface area contributed by atoms with Crippen molar-refractivity contribution in [2.75, 3.05) is 13.3 Å². The van der Waals surface area contributed by atoms with Gasteiger partial charge in [0.25, 0.3) is 5.91 Å². The average molecular weight is 520 g/mol. The Bertz CT molecular complexity index is 802. The van der Waals surface area contributed by atoms with Crippen LogP contribution in [0.15, 0.2) is 17.3 Å². The van der Waals surface area contributed by atoms with Crippen LogP contribution in [0.5, 0.6) is 5.75 Å². The molecular formula is C20H30FIN4O3. The number of alkyl halides is 1. The zero-order valence-electron chi connectivity index (χ0n) is 16.7. The number of ether oxygens (including phenoxy) is 1. The zero-order chi connectivity index (χ0) is 20.3. The summed E-state index contributed by atoms with van der Waals surface area (Å²) in [6.45, 7) is 2.41. The van der Waals surface area contributed by atoms with Gasteiger partial charge >= 0.3 is 0 Å². The SMILES string of the molecule is CC(=O)N=C(N)C(C)(CC1CC1)NC(=O)c1cc(OCCF)c(C2CC2)cn1.I.[HH]. The molecule has 0 spiro atoms. The monoisotopic (exact) mass is 520 g/mol. The van der Waals surface area contributed by atoms with E-state index in [1.807, 2.05) is 0 Å². The first-order valence-corrected chi connectivity index (χ1v) is 9.69. The summed E-state index contributed by atoms with van der Waals surface area (Å²) in [6.07, 6.45) is 6.44. The molecule has 0 aliphatic heterocycles. The largest absolute Gasteiger partial charge is 0.490 e. The number of pyridine rings is 1. The molecule has 29 heavy (non-hydrogen) atoms. The Kier molecular flexibility index (Phi) is 7.95. The van der Waals surface area contributed by atoms with Crippen LogP contribution in [0.1, 0.15) is 69.3 Å². The number of hydrogen-bond acceptors (Lipinski definition) is 4. The van der Waals surface area contributed by atoms with Crippen LogP contribution >= 0.6 is 24.0 Å². The van der Waals surface area contributed by atoms with Gasteiger partial charge in [0.1, 0.15) is 30.6 Å². The van der Waals surface area contributed by atoms with Crippen LogP contribution in [0.2, 0.25) is 0 Å². The fourth-order valence-electron chi connectivity index (χ4n) is 3.27. The van der Waals surface area contributed by atoms with Crippen molar-refractivity contribution in [2.24, 2.45) is 16.6 Å². The first-order chi connectivity index (χ1) is 13.3. The summed E-state index contributed by atoms with van der Waals surface area (Å²) < 4.78 is 18.0. The number of nitrogens with two attached hydrogens (primary N) is 1. The topological polar surface area (TPSA) is 107 Å². The highest BCUT2D eigenvalue weighted by atomic mass is 127. The smallest absolute Gasteiger partial charge is 0.270 e. The molecule has 1 atom stereocenters. The standard InChI is InChI=1S/C20H27FN4O3.HI.H2/c1-12(26)24-19(22)20(2,10-13-3-4-13)25-18(27)16-9-17(28-8-7-21)15(11-23-16)14-5-6-14;;/h9,11,13-14H,3-8,10H2,1-2H3,(H,25,27)(H2,22,24,26);2*1H. The average Bonchev–Trinajstić information content (AvgIpc) is 3.53. The first-order valence-electron chi connectivity index (χ1n) is 9.69. The molecule has 3 N–H and O–H groups in total. The summed E-state index contributed by atoms with van der Waals surface area (Å²) in [5, 5.41) is 2.89. The van der Waals surface area contributed by atoms with E-state index < -0.39 is 24.0 Å². The number of hydrogen-bond donors (Lipinski definition) is 2. The second-order valence-corrected chi connectivity index (χ2v) is 7.87. The molecule has 0 radical (unpaired) electrons. The second kappa shape index (κ2) is 9.82. The molecule has 9 heteroatoms. The predicted molar refractivity (Wildman–Crippen MR) is 121 cm³/mol. The molecule has 2 aliphatic rings. The highest BCUT2D eigenvalue weighted by Gasteiger charge is 2.38. The summed E-state index contributed by atoms with van der Waals surface area (Å²) in [5.74, 6) is 0.538. The fourth-order valence-corrected chi connectivity index (χ4v) is 3.27. The van der Waals surface area contributed by atoms with Crippen molar-refractivity contribution in [1.82, 2.24) is 10.3 Å². The minimum absolute atomic E-state index is 0. The van der Waals surface area contributed by atoms with Gasteiger partial charge in [-0.3, -0.25) is 14.6 Å². The number of nitrogens with one attached hydrogen (secondary N) is 1. The second-order valence-electron chi connectivity index (χ2n) is 7.87. The number of aromatic nitrogens is 1. The van der Waals surface area contributed by atoms with Crippen molar-refractivity contribution >= 4 is 41.6 Å². The van der Waals surface area contributed by atoms with E-state index in [-0.39, 0.29) is 43.5 Å². The zero-order valence-corrected chi connectivity index (χ0v) is 19.1. The summed E-state index contributed by atoms with van der Waals surface area (Å²) in [4.78, 5) is 32.4.